The smallest absolute Gasteiger partial charge is 0.287 e. The van der Waals surface area contributed by atoms with Gasteiger partial charge >= 0.3 is 0 Å². The monoisotopic (exact) mass is 331 g/mol. The lowest BCUT2D eigenvalue weighted by molar-refractivity contribution is 0.889. The van der Waals surface area contributed by atoms with Crippen molar-refractivity contribution < 1.29 is 0 Å². The van der Waals surface area contributed by atoms with Gasteiger partial charge in [-0.3, -0.25) is 9.36 Å². The van der Waals surface area contributed by atoms with Crippen molar-refractivity contribution in [1.82, 2.24) is 19.1 Å². The third-order valence-electron chi connectivity index (χ3n) is 4.00. The molecule has 6 nitrogen and oxygen atoms in total. The Bertz CT molecular complexity index is 1080. The number of anilines is 1. The van der Waals surface area contributed by atoms with Crippen LogP contribution in [0.3, 0.4) is 0 Å². The van der Waals surface area contributed by atoms with E-state index in [0.29, 0.717) is 17.1 Å². The predicted octanol–water partition coefficient (Wildman–Crippen LogP) is 2.64. The molecule has 0 saturated heterocycles. The molecule has 0 unspecified atom stereocenters. The van der Waals surface area contributed by atoms with Gasteiger partial charge < -0.3 is 4.90 Å². The summed E-state index contributed by atoms with van der Waals surface area (Å²) in [4.78, 5) is 24.0. The van der Waals surface area contributed by atoms with Gasteiger partial charge in [0.15, 0.2) is 11.2 Å². The molecular weight excluding hydrogens is 314 g/mol. The predicted molar refractivity (Wildman–Crippen MR) is 98.8 cm³/mol. The van der Waals surface area contributed by atoms with Crippen LogP contribution < -0.4 is 10.5 Å². The average Bonchev–Trinajstić information content (AvgIpc) is 3.07. The van der Waals surface area contributed by atoms with Gasteiger partial charge in [-0.2, -0.15) is 4.98 Å². The van der Waals surface area contributed by atoms with Crippen LogP contribution in [0.2, 0.25) is 0 Å². The lowest BCUT2D eigenvalue weighted by Crippen LogP contribution is -2.27. The molecule has 0 aliphatic rings. The normalized spacial score (nSPS) is 11.0. The van der Waals surface area contributed by atoms with Crippen LogP contribution in [-0.4, -0.2) is 33.2 Å². The average molecular weight is 331 g/mol. The van der Waals surface area contributed by atoms with Gasteiger partial charge in [0.25, 0.3) is 5.56 Å². The number of fused-ring (bicyclic) bond motifs is 1. The molecule has 0 atom stereocenters. The zero-order chi connectivity index (χ0) is 17.4. The van der Waals surface area contributed by atoms with E-state index in [9.17, 15) is 4.79 Å². The maximum absolute atomic E-state index is 13.1. The van der Waals surface area contributed by atoms with Gasteiger partial charge in [-0.05, 0) is 24.3 Å². The van der Waals surface area contributed by atoms with E-state index in [4.69, 9.17) is 4.98 Å². The summed E-state index contributed by atoms with van der Waals surface area (Å²) in [5.41, 5.74) is 2.39. The fourth-order valence-electron chi connectivity index (χ4n) is 2.83. The van der Waals surface area contributed by atoms with E-state index in [1.54, 1.807) is 10.9 Å². The Morgan fingerprint density at radius 1 is 0.880 bits per heavy atom. The summed E-state index contributed by atoms with van der Waals surface area (Å²) in [6, 6.07) is 19.2. The number of hydrogen-bond donors (Lipinski definition) is 0. The maximum Gasteiger partial charge on any atom is 0.287 e. The van der Waals surface area contributed by atoms with Gasteiger partial charge in [-0.1, -0.05) is 36.4 Å². The van der Waals surface area contributed by atoms with Crippen molar-refractivity contribution >= 4 is 17.1 Å². The van der Waals surface area contributed by atoms with Gasteiger partial charge in [0, 0.05) is 19.8 Å². The molecule has 0 N–H and O–H groups in total. The highest BCUT2D eigenvalue weighted by Gasteiger charge is 2.18. The molecule has 0 fully saturated rings. The molecule has 2 aromatic carbocycles. The first-order valence-electron chi connectivity index (χ1n) is 7.95. The summed E-state index contributed by atoms with van der Waals surface area (Å²) in [6.45, 7) is 0. The SMILES string of the molecule is CN(C)c1nc2c(ncn2-c2ccccc2)c(=O)n1-c1ccccc1. The van der Waals surface area contributed by atoms with Crippen LogP contribution in [0.1, 0.15) is 0 Å². The number of para-hydroxylation sites is 2. The minimum absolute atomic E-state index is 0.186. The largest absolute Gasteiger partial charge is 0.348 e. The molecule has 4 rings (SSSR count). The first kappa shape index (κ1) is 15.1. The minimum atomic E-state index is -0.186. The molecule has 0 saturated carbocycles. The van der Waals surface area contributed by atoms with E-state index >= 15 is 0 Å². The summed E-state index contributed by atoms with van der Waals surface area (Å²) in [5, 5.41) is 0. The number of hydrogen-bond acceptors (Lipinski definition) is 4. The molecule has 124 valence electrons. The third kappa shape index (κ3) is 2.48. The number of rotatable bonds is 3. The summed E-state index contributed by atoms with van der Waals surface area (Å²) < 4.78 is 3.42. The highest BCUT2D eigenvalue weighted by atomic mass is 16.1. The molecule has 0 aliphatic carbocycles. The van der Waals surface area contributed by atoms with E-state index in [-0.39, 0.29) is 5.56 Å². The molecule has 4 aromatic rings. The van der Waals surface area contributed by atoms with E-state index in [1.807, 2.05) is 84.2 Å². The van der Waals surface area contributed by atoms with Crippen molar-refractivity contribution in [2.45, 2.75) is 0 Å². The Balaban J connectivity index is 2.05. The number of benzene rings is 2. The van der Waals surface area contributed by atoms with Crippen molar-refractivity contribution in [2.24, 2.45) is 0 Å². The van der Waals surface area contributed by atoms with Gasteiger partial charge in [0.05, 0.1) is 5.69 Å². The van der Waals surface area contributed by atoms with Crippen molar-refractivity contribution in [3.05, 3.63) is 77.3 Å². The second-order valence-corrected chi connectivity index (χ2v) is 5.90. The molecule has 0 radical (unpaired) electrons. The second kappa shape index (κ2) is 5.90. The van der Waals surface area contributed by atoms with Crippen LogP contribution in [0.15, 0.2) is 71.8 Å². The van der Waals surface area contributed by atoms with E-state index in [1.165, 1.54) is 0 Å². The molecule has 0 bridgehead atoms. The first-order valence-corrected chi connectivity index (χ1v) is 7.95. The van der Waals surface area contributed by atoms with E-state index in [2.05, 4.69) is 4.98 Å². The lowest BCUT2D eigenvalue weighted by atomic mass is 10.3. The zero-order valence-electron chi connectivity index (χ0n) is 14.0. The lowest BCUT2D eigenvalue weighted by Gasteiger charge is -2.18. The molecule has 0 spiro atoms. The van der Waals surface area contributed by atoms with Crippen LogP contribution in [0.5, 0.6) is 0 Å². The van der Waals surface area contributed by atoms with Crippen LogP contribution in [0.25, 0.3) is 22.5 Å². The Morgan fingerprint density at radius 3 is 2.08 bits per heavy atom. The quantitative estimate of drug-likeness (QED) is 0.579. The minimum Gasteiger partial charge on any atom is -0.348 e. The standard InChI is InChI=1S/C19H17N5O/c1-22(2)19-21-17-16(18(25)24(19)15-11-7-4-8-12-15)20-13-23(17)14-9-5-3-6-10-14/h3-13H,1-2H3. The second-order valence-electron chi connectivity index (χ2n) is 5.90. The summed E-state index contributed by atoms with van der Waals surface area (Å²) in [5.74, 6) is 0.557. The fourth-order valence-corrected chi connectivity index (χ4v) is 2.83. The maximum atomic E-state index is 13.1. The van der Waals surface area contributed by atoms with Crippen molar-refractivity contribution in [1.29, 1.82) is 0 Å². The third-order valence-corrected chi connectivity index (χ3v) is 4.00. The van der Waals surface area contributed by atoms with Gasteiger partial charge in [-0.25, -0.2) is 9.55 Å². The van der Waals surface area contributed by atoms with E-state index < -0.39 is 0 Å². The van der Waals surface area contributed by atoms with Crippen molar-refractivity contribution in [3.8, 4) is 11.4 Å². The zero-order valence-corrected chi connectivity index (χ0v) is 14.0. The Labute approximate surface area is 144 Å². The first-order chi connectivity index (χ1) is 12.2. The Kier molecular flexibility index (Phi) is 3.57. The molecule has 0 aliphatic heterocycles. The Morgan fingerprint density at radius 2 is 1.48 bits per heavy atom. The molecule has 6 heteroatoms. The number of aromatic nitrogens is 4. The summed E-state index contributed by atoms with van der Waals surface area (Å²) in [6.07, 6.45) is 1.64. The van der Waals surface area contributed by atoms with Crippen molar-refractivity contribution in [2.75, 3.05) is 19.0 Å². The van der Waals surface area contributed by atoms with Crippen molar-refractivity contribution in [3.63, 3.8) is 0 Å². The molecule has 25 heavy (non-hydrogen) atoms. The fraction of sp³-hybridized carbons (Fsp3) is 0.105. The number of imidazole rings is 1. The van der Waals surface area contributed by atoms with Gasteiger partial charge in [0.1, 0.15) is 6.33 Å². The molecule has 0 amide bonds. The molecule has 2 heterocycles. The van der Waals surface area contributed by atoms with Crippen LogP contribution in [0.4, 0.5) is 5.95 Å². The van der Waals surface area contributed by atoms with E-state index in [0.717, 1.165) is 11.4 Å². The van der Waals surface area contributed by atoms with Crippen LogP contribution in [0, 0.1) is 0 Å². The summed E-state index contributed by atoms with van der Waals surface area (Å²) in [7, 11) is 3.74. The highest BCUT2D eigenvalue weighted by Crippen LogP contribution is 2.19. The molecular formula is C19H17N5O. The van der Waals surface area contributed by atoms with Gasteiger partial charge in [-0.15, -0.1) is 0 Å². The van der Waals surface area contributed by atoms with Crippen LogP contribution in [-0.2, 0) is 0 Å². The van der Waals surface area contributed by atoms with Crippen LogP contribution >= 0.6 is 0 Å². The van der Waals surface area contributed by atoms with Gasteiger partial charge in [0.2, 0.25) is 5.95 Å². The number of nitrogens with zero attached hydrogens (tertiary/aromatic N) is 5. The summed E-state index contributed by atoms with van der Waals surface area (Å²) >= 11 is 0. The Hall–Kier alpha value is -3.41. The molecule has 2 aromatic heterocycles. The highest BCUT2D eigenvalue weighted by molar-refractivity contribution is 5.74. The topological polar surface area (TPSA) is 56.0 Å².